The summed E-state index contributed by atoms with van der Waals surface area (Å²) < 4.78 is 11.9. The average Bonchev–Trinajstić information content (AvgIpc) is 2.27. The SMILES string of the molecule is Cc1cc(C)c(C(=O)[PH](=O)CC(O)CO)c(C)c1. The zero-order valence-corrected chi connectivity index (χ0v) is 11.9. The molecule has 100 valence electrons. The van der Waals surface area contributed by atoms with Crippen LogP contribution in [0, 0.1) is 20.8 Å². The largest absolute Gasteiger partial charge is 0.394 e. The second-order valence-electron chi connectivity index (χ2n) is 4.57. The maximum atomic E-state index is 12.1. The van der Waals surface area contributed by atoms with Gasteiger partial charge in [0.2, 0.25) is 5.52 Å². The van der Waals surface area contributed by atoms with Crippen molar-refractivity contribution in [3.05, 3.63) is 34.4 Å². The van der Waals surface area contributed by atoms with Crippen molar-refractivity contribution < 1.29 is 19.6 Å². The first-order chi connectivity index (χ1) is 8.36. The van der Waals surface area contributed by atoms with E-state index in [4.69, 9.17) is 5.11 Å². The molecule has 5 heteroatoms. The molecule has 0 saturated carbocycles. The van der Waals surface area contributed by atoms with Crippen molar-refractivity contribution in [3.63, 3.8) is 0 Å². The second kappa shape index (κ2) is 6.28. The number of aliphatic hydroxyl groups excluding tert-OH is 2. The molecule has 1 aromatic carbocycles. The number of rotatable bonds is 5. The fourth-order valence-corrected chi connectivity index (χ4v) is 3.46. The molecule has 2 N–H and O–H groups in total. The van der Waals surface area contributed by atoms with Crippen LogP contribution in [0.15, 0.2) is 12.1 Å². The molecule has 0 heterocycles. The Hall–Kier alpha value is -0.960. The summed E-state index contributed by atoms with van der Waals surface area (Å²) in [6, 6.07) is 3.75. The molecule has 0 spiro atoms. The molecule has 18 heavy (non-hydrogen) atoms. The molecule has 2 atom stereocenters. The van der Waals surface area contributed by atoms with E-state index in [1.165, 1.54) is 0 Å². The number of carbonyl (C=O) groups is 1. The predicted octanol–water partition coefficient (Wildman–Crippen LogP) is 1.66. The van der Waals surface area contributed by atoms with Gasteiger partial charge in [-0.3, -0.25) is 4.79 Å². The molecule has 4 nitrogen and oxygen atoms in total. The van der Waals surface area contributed by atoms with Gasteiger partial charge >= 0.3 is 0 Å². The predicted molar refractivity (Wildman–Crippen MR) is 71.9 cm³/mol. The van der Waals surface area contributed by atoms with E-state index in [2.05, 4.69) is 0 Å². The maximum Gasteiger partial charge on any atom is 0.219 e. The molecule has 0 radical (unpaired) electrons. The van der Waals surface area contributed by atoms with Gasteiger partial charge in [0.15, 0.2) is 0 Å². The Morgan fingerprint density at radius 2 is 1.78 bits per heavy atom. The summed E-state index contributed by atoms with van der Waals surface area (Å²) in [5, 5.41) is 17.9. The van der Waals surface area contributed by atoms with E-state index in [1.807, 2.05) is 32.9 Å². The Kier molecular flexibility index (Phi) is 5.27. The van der Waals surface area contributed by atoms with E-state index in [9.17, 15) is 14.5 Å². The van der Waals surface area contributed by atoms with E-state index in [0.29, 0.717) is 5.56 Å². The van der Waals surface area contributed by atoms with Gasteiger partial charge < -0.3 is 14.8 Å². The van der Waals surface area contributed by atoms with Gasteiger partial charge in [0.05, 0.1) is 12.7 Å². The Bertz CT molecular complexity index is 459. The summed E-state index contributed by atoms with van der Waals surface area (Å²) in [5.74, 6) is 0. The lowest BCUT2D eigenvalue weighted by Gasteiger charge is -2.11. The molecule has 2 unspecified atom stereocenters. The van der Waals surface area contributed by atoms with Crippen LogP contribution in [0.2, 0.25) is 0 Å². The minimum Gasteiger partial charge on any atom is -0.394 e. The van der Waals surface area contributed by atoms with Crippen molar-refractivity contribution in [2.45, 2.75) is 26.9 Å². The highest BCUT2D eigenvalue weighted by Crippen LogP contribution is 2.31. The van der Waals surface area contributed by atoms with Crippen molar-refractivity contribution in [2.75, 3.05) is 12.8 Å². The summed E-state index contributed by atoms with van der Waals surface area (Å²) >= 11 is 0. The van der Waals surface area contributed by atoms with Crippen LogP contribution in [0.5, 0.6) is 0 Å². The number of hydrogen-bond acceptors (Lipinski definition) is 4. The second-order valence-corrected chi connectivity index (χ2v) is 6.28. The van der Waals surface area contributed by atoms with Crippen LogP contribution in [-0.2, 0) is 4.57 Å². The van der Waals surface area contributed by atoms with Crippen molar-refractivity contribution in [1.29, 1.82) is 0 Å². The molecule has 1 aromatic rings. The summed E-state index contributed by atoms with van der Waals surface area (Å²) in [4.78, 5) is 12.1. The molecular weight excluding hydrogens is 251 g/mol. The Morgan fingerprint density at radius 1 is 1.28 bits per heavy atom. The van der Waals surface area contributed by atoms with Crippen molar-refractivity contribution >= 4 is 13.3 Å². The van der Waals surface area contributed by atoms with E-state index >= 15 is 0 Å². The van der Waals surface area contributed by atoms with E-state index < -0.39 is 26.0 Å². The molecule has 1 rings (SSSR count). The first kappa shape index (κ1) is 15.1. The summed E-state index contributed by atoms with van der Waals surface area (Å²) in [6.07, 6.45) is -1.25. The van der Waals surface area contributed by atoms with Crippen LogP contribution >= 0.6 is 7.80 Å². The summed E-state index contributed by atoms with van der Waals surface area (Å²) in [6.45, 7) is 5.08. The first-order valence-corrected chi connectivity index (χ1v) is 7.42. The fourth-order valence-electron chi connectivity index (χ4n) is 2.05. The van der Waals surface area contributed by atoms with Gasteiger partial charge in [-0.2, -0.15) is 0 Å². The van der Waals surface area contributed by atoms with Gasteiger partial charge in [-0.05, 0) is 31.9 Å². The zero-order valence-electron chi connectivity index (χ0n) is 10.9. The highest BCUT2D eigenvalue weighted by atomic mass is 31.1. The summed E-state index contributed by atoms with van der Waals surface area (Å²) in [5.41, 5.74) is 2.72. The molecule has 0 aromatic heterocycles. The topological polar surface area (TPSA) is 74.6 Å². The van der Waals surface area contributed by atoms with Crippen molar-refractivity contribution in [3.8, 4) is 0 Å². The zero-order chi connectivity index (χ0) is 13.9. The molecule has 0 aliphatic rings. The number of aryl methyl sites for hydroxylation is 3. The number of aliphatic hydroxyl groups is 2. The van der Waals surface area contributed by atoms with Crippen LogP contribution in [0.3, 0.4) is 0 Å². The molecule has 0 aliphatic heterocycles. The number of hydrogen-bond donors (Lipinski definition) is 2. The quantitative estimate of drug-likeness (QED) is 0.798. The molecule has 0 bridgehead atoms. The van der Waals surface area contributed by atoms with Crippen LogP contribution in [0.25, 0.3) is 0 Å². The Labute approximate surface area is 107 Å². The summed E-state index contributed by atoms with van der Waals surface area (Å²) in [7, 11) is -2.59. The van der Waals surface area contributed by atoms with E-state index in [1.54, 1.807) is 0 Å². The third-order valence-electron chi connectivity index (χ3n) is 2.79. The minimum absolute atomic E-state index is 0.160. The van der Waals surface area contributed by atoms with Gasteiger partial charge in [0.1, 0.15) is 7.80 Å². The third-order valence-corrected chi connectivity index (χ3v) is 4.39. The standard InChI is InChI=1S/C13H19O4P/c1-8-4-9(2)12(10(3)5-8)13(16)18(17)7-11(15)6-14/h4-5,11,14-15,18H,6-7H2,1-3H3. The monoisotopic (exact) mass is 270 g/mol. The molecule has 0 aliphatic carbocycles. The third kappa shape index (κ3) is 3.52. The van der Waals surface area contributed by atoms with Gasteiger partial charge in [-0.25, -0.2) is 0 Å². The van der Waals surface area contributed by atoms with Gasteiger partial charge in [-0.1, -0.05) is 17.7 Å². The normalized spacial score (nSPS) is 14.3. The van der Waals surface area contributed by atoms with Crippen LogP contribution in [0.1, 0.15) is 27.0 Å². The van der Waals surface area contributed by atoms with Gasteiger partial charge in [0.25, 0.3) is 0 Å². The van der Waals surface area contributed by atoms with Crippen LogP contribution in [0.4, 0.5) is 0 Å². The highest BCUT2D eigenvalue weighted by Gasteiger charge is 2.21. The lowest BCUT2D eigenvalue weighted by atomic mass is 10.0. The van der Waals surface area contributed by atoms with Crippen LogP contribution in [-0.4, -0.2) is 34.6 Å². The molecule has 0 amide bonds. The first-order valence-electron chi connectivity index (χ1n) is 5.81. The van der Waals surface area contributed by atoms with Crippen molar-refractivity contribution in [2.24, 2.45) is 0 Å². The van der Waals surface area contributed by atoms with E-state index in [0.717, 1.165) is 16.7 Å². The average molecular weight is 270 g/mol. The molecule has 0 fully saturated rings. The molecule has 0 saturated heterocycles. The minimum atomic E-state index is -2.59. The van der Waals surface area contributed by atoms with Crippen LogP contribution < -0.4 is 0 Å². The van der Waals surface area contributed by atoms with E-state index in [-0.39, 0.29) is 6.16 Å². The lowest BCUT2D eigenvalue weighted by Crippen LogP contribution is -2.16. The Balaban J connectivity index is 3.01. The smallest absolute Gasteiger partial charge is 0.219 e. The van der Waals surface area contributed by atoms with Crippen molar-refractivity contribution in [1.82, 2.24) is 0 Å². The lowest BCUT2D eigenvalue weighted by molar-refractivity contribution is 0.104. The number of carbonyl (C=O) groups excluding carboxylic acids is 1. The van der Waals surface area contributed by atoms with Gasteiger partial charge in [0, 0.05) is 11.7 Å². The van der Waals surface area contributed by atoms with Gasteiger partial charge in [-0.15, -0.1) is 0 Å². The Morgan fingerprint density at radius 3 is 2.22 bits per heavy atom. The fraction of sp³-hybridized carbons (Fsp3) is 0.462. The number of benzene rings is 1. The maximum absolute atomic E-state index is 12.1. The highest BCUT2D eigenvalue weighted by molar-refractivity contribution is 7.64. The molecular formula is C13H19O4P.